The summed E-state index contributed by atoms with van der Waals surface area (Å²) in [4.78, 5) is 13.5. The average Bonchev–Trinajstić information content (AvgIpc) is 2.48. The highest BCUT2D eigenvalue weighted by Gasteiger charge is 2.20. The molecule has 1 aliphatic rings. The first-order valence-corrected chi connectivity index (χ1v) is 7.87. The Morgan fingerprint density at radius 3 is 2.62 bits per heavy atom. The molecular formula is C16H28N4O. The van der Waals surface area contributed by atoms with Gasteiger partial charge in [0.1, 0.15) is 5.82 Å². The quantitative estimate of drug-likeness (QED) is 0.898. The van der Waals surface area contributed by atoms with Crippen molar-refractivity contribution < 1.29 is 5.11 Å². The summed E-state index contributed by atoms with van der Waals surface area (Å²) in [7, 11) is 4.26. The van der Waals surface area contributed by atoms with E-state index in [2.05, 4.69) is 47.7 Å². The van der Waals surface area contributed by atoms with Crippen LogP contribution in [-0.4, -0.2) is 53.7 Å². The Hall–Kier alpha value is -1.20. The maximum Gasteiger partial charge on any atom is 0.131 e. The Bertz CT molecular complexity index is 456. The molecule has 0 saturated carbocycles. The van der Waals surface area contributed by atoms with Gasteiger partial charge in [0.25, 0.3) is 0 Å². The van der Waals surface area contributed by atoms with Gasteiger partial charge in [0.05, 0.1) is 24.2 Å². The van der Waals surface area contributed by atoms with Gasteiger partial charge >= 0.3 is 0 Å². The zero-order valence-corrected chi connectivity index (χ0v) is 13.7. The molecular weight excluding hydrogens is 264 g/mol. The lowest BCUT2D eigenvalue weighted by Gasteiger charge is -2.32. The van der Waals surface area contributed by atoms with Crippen LogP contribution in [0, 0.1) is 5.92 Å². The van der Waals surface area contributed by atoms with E-state index in [9.17, 15) is 5.11 Å². The fourth-order valence-electron chi connectivity index (χ4n) is 2.87. The topological polar surface area (TPSA) is 52.5 Å². The first-order valence-electron chi connectivity index (χ1n) is 7.87. The molecule has 118 valence electrons. The van der Waals surface area contributed by atoms with Crippen LogP contribution in [0.15, 0.2) is 6.20 Å². The minimum atomic E-state index is -0.0324. The first-order chi connectivity index (χ1) is 10.0. The molecule has 0 unspecified atom stereocenters. The summed E-state index contributed by atoms with van der Waals surface area (Å²) in [6.07, 6.45) is 4.34. The number of hydrogen-bond acceptors (Lipinski definition) is 5. The van der Waals surface area contributed by atoms with Crippen molar-refractivity contribution >= 4 is 5.69 Å². The van der Waals surface area contributed by atoms with Crippen molar-refractivity contribution in [3.8, 4) is 0 Å². The second-order valence-electron chi connectivity index (χ2n) is 6.50. The molecule has 0 spiro atoms. The van der Waals surface area contributed by atoms with Gasteiger partial charge in [-0.2, -0.15) is 0 Å². The molecule has 5 nitrogen and oxygen atoms in total. The van der Waals surface area contributed by atoms with E-state index in [4.69, 9.17) is 0 Å². The predicted octanol–water partition coefficient (Wildman–Crippen LogP) is 1.87. The highest BCUT2D eigenvalue weighted by Crippen LogP contribution is 2.23. The predicted molar refractivity (Wildman–Crippen MR) is 85.5 cm³/mol. The molecule has 0 radical (unpaired) electrons. The Balaban J connectivity index is 2.06. The zero-order valence-electron chi connectivity index (χ0n) is 13.7. The van der Waals surface area contributed by atoms with Crippen molar-refractivity contribution in [2.45, 2.75) is 39.2 Å². The van der Waals surface area contributed by atoms with Crippen molar-refractivity contribution in [1.82, 2.24) is 14.9 Å². The van der Waals surface area contributed by atoms with Gasteiger partial charge < -0.3 is 14.9 Å². The number of likely N-dealkylation sites (tertiary alicyclic amines) is 1. The second-order valence-corrected chi connectivity index (χ2v) is 6.50. The van der Waals surface area contributed by atoms with Crippen molar-refractivity contribution in [3.05, 3.63) is 17.7 Å². The minimum Gasteiger partial charge on any atom is -0.390 e. The molecule has 0 aliphatic carbocycles. The van der Waals surface area contributed by atoms with Gasteiger partial charge in [0, 0.05) is 19.5 Å². The number of piperidine rings is 1. The van der Waals surface area contributed by atoms with Gasteiger partial charge in [0.2, 0.25) is 0 Å². The summed E-state index contributed by atoms with van der Waals surface area (Å²) >= 11 is 0. The molecule has 1 N–H and O–H groups in total. The van der Waals surface area contributed by atoms with E-state index in [1.807, 2.05) is 6.20 Å². The first kappa shape index (κ1) is 16.2. The molecule has 1 aromatic rings. The molecule has 1 aliphatic heterocycles. The van der Waals surface area contributed by atoms with Gasteiger partial charge in [-0.15, -0.1) is 0 Å². The Kier molecular flexibility index (Phi) is 5.53. The zero-order chi connectivity index (χ0) is 15.4. The fourth-order valence-corrected chi connectivity index (χ4v) is 2.87. The summed E-state index contributed by atoms with van der Waals surface area (Å²) in [5.74, 6) is 1.79. The summed E-state index contributed by atoms with van der Waals surface area (Å²) in [5.41, 5.74) is 1.70. The van der Waals surface area contributed by atoms with Crippen LogP contribution in [0.4, 0.5) is 5.69 Å². The van der Waals surface area contributed by atoms with Crippen LogP contribution in [0.3, 0.4) is 0 Å². The monoisotopic (exact) mass is 292 g/mol. The van der Waals surface area contributed by atoms with Crippen molar-refractivity contribution in [2.75, 3.05) is 38.6 Å². The normalized spacial score (nSPS) is 17.4. The van der Waals surface area contributed by atoms with Gasteiger partial charge in [-0.3, -0.25) is 0 Å². The van der Waals surface area contributed by atoms with Crippen LogP contribution in [0.25, 0.3) is 0 Å². The number of aliphatic hydroxyl groups excluding tert-OH is 1. The highest BCUT2D eigenvalue weighted by atomic mass is 16.3. The van der Waals surface area contributed by atoms with Crippen LogP contribution < -0.4 is 4.90 Å². The smallest absolute Gasteiger partial charge is 0.131 e. The van der Waals surface area contributed by atoms with E-state index >= 15 is 0 Å². The van der Waals surface area contributed by atoms with E-state index in [-0.39, 0.29) is 12.5 Å². The fraction of sp³-hybridized carbons (Fsp3) is 0.750. The van der Waals surface area contributed by atoms with Crippen LogP contribution in [0.2, 0.25) is 0 Å². The summed E-state index contributed by atoms with van der Waals surface area (Å²) < 4.78 is 0. The average molecular weight is 292 g/mol. The number of anilines is 1. The third-order valence-electron chi connectivity index (χ3n) is 4.31. The van der Waals surface area contributed by atoms with Crippen LogP contribution >= 0.6 is 0 Å². The molecule has 0 bridgehead atoms. The molecule has 1 saturated heterocycles. The Morgan fingerprint density at radius 1 is 1.38 bits per heavy atom. The summed E-state index contributed by atoms with van der Waals surface area (Å²) in [5, 5.41) is 9.59. The Morgan fingerprint density at radius 2 is 2.05 bits per heavy atom. The summed E-state index contributed by atoms with van der Waals surface area (Å²) in [6, 6.07) is 0. The van der Waals surface area contributed by atoms with Gasteiger partial charge in [-0.25, -0.2) is 9.97 Å². The van der Waals surface area contributed by atoms with Crippen molar-refractivity contribution in [1.29, 1.82) is 0 Å². The van der Waals surface area contributed by atoms with E-state index in [1.165, 1.54) is 25.9 Å². The standard InChI is InChI=1S/C16H28N4O/c1-12(2)16-17-9-15(14(11-21)18-16)20(4)10-13-5-7-19(3)8-6-13/h9,12-13,21H,5-8,10-11H2,1-4H3. The number of hydrogen-bond donors (Lipinski definition) is 1. The third kappa shape index (κ3) is 4.14. The van der Waals surface area contributed by atoms with E-state index in [0.29, 0.717) is 5.92 Å². The molecule has 21 heavy (non-hydrogen) atoms. The van der Waals surface area contributed by atoms with Crippen LogP contribution in [0.1, 0.15) is 44.1 Å². The molecule has 2 rings (SSSR count). The molecule has 0 amide bonds. The molecule has 1 fully saturated rings. The molecule has 5 heteroatoms. The lowest BCUT2D eigenvalue weighted by atomic mass is 9.96. The number of aromatic nitrogens is 2. The maximum atomic E-state index is 9.59. The largest absolute Gasteiger partial charge is 0.390 e. The van der Waals surface area contributed by atoms with E-state index < -0.39 is 0 Å². The number of aliphatic hydroxyl groups is 1. The lowest BCUT2D eigenvalue weighted by Crippen LogP contribution is -2.36. The van der Waals surface area contributed by atoms with Crippen molar-refractivity contribution in [2.24, 2.45) is 5.92 Å². The van der Waals surface area contributed by atoms with E-state index in [1.54, 1.807) is 0 Å². The van der Waals surface area contributed by atoms with Crippen LogP contribution in [-0.2, 0) is 6.61 Å². The summed E-state index contributed by atoms with van der Waals surface area (Å²) in [6.45, 7) is 7.46. The minimum absolute atomic E-state index is 0.0324. The molecule has 2 heterocycles. The van der Waals surface area contributed by atoms with Crippen LogP contribution in [0.5, 0.6) is 0 Å². The molecule has 0 aromatic carbocycles. The van der Waals surface area contributed by atoms with Gasteiger partial charge in [0.15, 0.2) is 0 Å². The Labute approximate surface area is 128 Å². The highest BCUT2D eigenvalue weighted by molar-refractivity contribution is 5.48. The molecule has 0 atom stereocenters. The maximum absolute atomic E-state index is 9.59. The van der Waals surface area contributed by atoms with Gasteiger partial charge in [-0.1, -0.05) is 13.8 Å². The third-order valence-corrected chi connectivity index (χ3v) is 4.31. The lowest BCUT2D eigenvalue weighted by molar-refractivity contribution is 0.222. The van der Waals surface area contributed by atoms with Crippen molar-refractivity contribution in [3.63, 3.8) is 0 Å². The van der Waals surface area contributed by atoms with E-state index in [0.717, 1.165) is 23.8 Å². The number of rotatable bonds is 5. The SMILES string of the molecule is CC(C)c1ncc(N(C)CC2CCN(C)CC2)c(CO)n1. The van der Waals surface area contributed by atoms with Gasteiger partial charge in [-0.05, 0) is 38.9 Å². The molecule has 1 aromatic heterocycles. The second kappa shape index (κ2) is 7.18. The number of nitrogens with zero attached hydrogens (tertiary/aromatic N) is 4.